The fourth-order valence-corrected chi connectivity index (χ4v) is 5.15. The molecule has 0 unspecified atom stereocenters. The van der Waals surface area contributed by atoms with E-state index in [0.717, 1.165) is 59.5 Å². The van der Waals surface area contributed by atoms with Gasteiger partial charge in [-0.1, -0.05) is 55.7 Å². The second-order valence-electron chi connectivity index (χ2n) is 9.68. The maximum absolute atomic E-state index is 15.3. The van der Waals surface area contributed by atoms with Gasteiger partial charge in [-0.25, -0.2) is 4.39 Å². The summed E-state index contributed by atoms with van der Waals surface area (Å²) in [6.45, 7) is 8.47. The number of hydrogen-bond donors (Lipinski definition) is 0. The molecule has 1 fully saturated rings. The molecule has 1 aliphatic rings. The summed E-state index contributed by atoms with van der Waals surface area (Å²) < 4.78 is 32.2. The molecule has 0 atom stereocenters. The van der Waals surface area contributed by atoms with Crippen LogP contribution in [0.5, 0.6) is 11.5 Å². The zero-order valence-corrected chi connectivity index (χ0v) is 21.6. The molecule has 2 aromatic carbocycles. The van der Waals surface area contributed by atoms with Gasteiger partial charge in [-0.05, 0) is 67.1 Å². The third kappa shape index (κ3) is 5.62. The van der Waals surface area contributed by atoms with Crippen LogP contribution in [0.1, 0.15) is 65.7 Å². The third-order valence-electron chi connectivity index (χ3n) is 7.27. The molecule has 1 aromatic heterocycles. The SMILES string of the molecule is C=CC1(c2nc(Cc3c(C)cc(OCc4ccccc4)c(F)c3C)ccc2OCOC)CCCCC1. The zero-order chi connectivity index (χ0) is 25.5. The van der Waals surface area contributed by atoms with Gasteiger partial charge in [0.2, 0.25) is 0 Å². The van der Waals surface area contributed by atoms with Gasteiger partial charge in [-0.15, -0.1) is 6.58 Å². The number of aryl methyl sites for hydroxylation is 1. The zero-order valence-electron chi connectivity index (χ0n) is 21.6. The lowest BCUT2D eigenvalue weighted by molar-refractivity contribution is 0.0490. The average molecular weight is 490 g/mol. The van der Waals surface area contributed by atoms with Gasteiger partial charge in [0.1, 0.15) is 12.4 Å². The number of nitrogens with zero attached hydrogens (tertiary/aromatic N) is 1. The van der Waals surface area contributed by atoms with Crippen LogP contribution in [0, 0.1) is 19.7 Å². The van der Waals surface area contributed by atoms with Gasteiger partial charge in [-0.3, -0.25) is 4.98 Å². The Kier molecular flexibility index (Phi) is 8.42. The van der Waals surface area contributed by atoms with Crippen LogP contribution in [0.2, 0.25) is 0 Å². The number of hydrogen-bond acceptors (Lipinski definition) is 4. The molecule has 3 aromatic rings. The van der Waals surface area contributed by atoms with E-state index in [9.17, 15) is 0 Å². The Labute approximate surface area is 214 Å². The van der Waals surface area contributed by atoms with Gasteiger partial charge in [0, 0.05) is 24.6 Å². The Morgan fingerprint density at radius 1 is 1.00 bits per heavy atom. The molecular weight excluding hydrogens is 453 g/mol. The Morgan fingerprint density at radius 3 is 2.44 bits per heavy atom. The fraction of sp³-hybridized carbons (Fsp3) is 0.387. The van der Waals surface area contributed by atoms with Crippen LogP contribution in [0.15, 0.2) is 61.2 Å². The van der Waals surface area contributed by atoms with Crippen molar-refractivity contribution in [2.24, 2.45) is 0 Å². The fourth-order valence-electron chi connectivity index (χ4n) is 5.15. The summed E-state index contributed by atoms with van der Waals surface area (Å²) in [7, 11) is 1.61. The molecular formula is C31H36FNO3. The second-order valence-corrected chi connectivity index (χ2v) is 9.68. The highest BCUT2D eigenvalue weighted by Crippen LogP contribution is 2.43. The van der Waals surface area contributed by atoms with E-state index in [2.05, 4.69) is 6.58 Å². The third-order valence-corrected chi connectivity index (χ3v) is 7.27. The van der Waals surface area contributed by atoms with E-state index in [-0.39, 0.29) is 23.8 Å². The first-order valence-electron chi connectivity index (χ1n) is 12.7. The Morgan fingerprint density at radius 2 is 1.75 bits per heavy atom. The summed E-state index contributed by atoms with van der Waals surface area (Å²) in [6, 6.07) is 15.5. The molecule has 1 heterocycles. The van der Waals surface area contributed by atoms with Crippen molar-refractivity contribution >= 4 is 0 Å². The van der Waals surface area contributed by atoms with Crippen LogP contribution >= 0.6 is 0 Å². The van der Waals surface area contributed by atoms with Crippen molar-refractivity contribution < 1.29 is 18.6 Å². The molecule has 0 bridgehead atoms. The van der Waals surface area contributed by atoms with Gasteiger partial charge in [0.15, 0.2) is 18.4 Å². The number of methoxy groups -OCH3 is 1. The summed E-state index contributed by atoms with van der Waals surface area (Å²) in [5.41, 5.74) is 5.08. The number of rotatable bonds is 10. The van der Waals surface area contributed by atoms with Crippen LogP contribution in [0.4, 0.5) is 4.39 Å². The summed E-state index contributed by atoms with van der Waals surface area (Å²) in [5, 5.41) is 0. The van der Waals surface area contributed by atoms with E-state index in [1.807, 2.05) is 62.4 Å². The van der Waals surface area contributed by atoms with E-state index in [0.29, 0.717) is 18.6 Å². The molecule has 0 amide bonds. The molecule has 0 aliphatic heterocycles. The monoisotopic (exact) mass is 489 g/mol. The molecule has 0 radical (unpaired) electrons. The highest BCUT2D eigenvalue weighted by atomic mass is 19.1. The predicted molar refractivity (Wildman–Crippen MR) is 141 cm³/mol. The summed E-state index contributed by atoms with van der Waals surface area (Å²) in [6.07, 6.45) is 8.04. The highest BCUT2D eigenvalue weighted by Gasteiger charge is 2.35. The molecule has 36 heavy (non-hydrogen) atoms. The largest absolute Gasteiger partial charge is 0.486 e. The molecule has 1 saturated carbocycles. The van der Waals surface area contributed by atoms with Crippen LogP contribution < -0.4 is 9.47 Å². The summed E-state index contributed by atoms with van der Waals surface area (Å²) in [4.78, 5) is 5.09. The molecule has 190 valence electrons. The van der Waals surface area contributed by atoms with Crippen molar-refractivity contribution in [1.82, 2.24) is 4.98 Å². The molecule has 4 rings (SSSR count). The topological polar surface area (TPSA) is 40.6 Å². The standard InChI is InChI=1S/C31H36FNO3/c1-5-31(16-10-7-11-17-31)30-27(36-21-34-4)15-14-25(33-30)19-26-22(2)18-28(29(32)23(26)3)35-20-24-12-8-6-9-13-24/h5-6,8-9,12-15,18H,1,7,10-11,16-17,19-21H2,2-4H3. The van der Waals surface area contributed by atoms with E-state index in [1.54, 1.807) is 13.2 Å². The maximum Gasteiger partial charge on any atom is 0.188 e. The first-order chi connectivity index (χ1) is 17.5. The van der Waals surface area contributed by atoms with Crippen molar-refractivity contribution in [2.45, 2.75) is 64.4 Å². The van der Waals surface area contributed by atoms with Gasteiger partial charge < -0.3 is 14.2 Å². The lowest BCUT2D eigenvalue weighted by Crippen LogP contribution is -2.29. The number of allylic oxidation sites excluding steroid dienone is 1. The number of halogens is 1. The lowest BCUT2D eigenvalue weighted by Gasteiger charge is -2.35. The van der Waals surface area contributed by atoms with E-state index < -0.39 is 0 Å². The minimum absolute atomic E-state index is 0.162. The van der Waals surface area contributed by atoms with Gasteiger partial charge in [0.25, 0.3) is 0 Å². The van der Waals surface area contributed by atoms with Crippen LogP contribution in [0.25, 0.3) is 0 Å². The van der Waals surface area contributed by atoms with Crippen molar-refractivity contribution in [3.8, 4) is 11.5 Å². The molecule has 4 nitrogen and oxygen atoms in total. The molecule has 0 saturated heterocycles. The van der Waals surface area contributed by atoms with Gasteiger partial charge in [-0.2, -0.15) is 0 Å². The first kappa shape index (κ1) is 25.9. The second kappa shape index (κ2) is 11.7. The Bertz CT molecular complexity index is 1190. The molecule has 5 heteroatoms. The Balaban J connectivity index is 1.63. The van der Waals surface area contributed by atoms with Crippen LogP contribution in [0.3, 0.4) is 0 Å². The smallest absolute Gasteiger partial charge is 0.188 e. The average Bonchev–Trinajstić information content (AvgIpc) is 2.92. The van der Waals surface area contributed by atoms with Crippen molar-refractivity contribution in [3.05, 3.63) is 101 Å². The van der Waals surface area contributed by atoms with Crippen LogP contribution in [-0.2, 0) is 23.2 Å². The highest BCUT2D eigenvalue weighted by molar-refractivity contribution is 5.46. The lowest BCUT2D eigenvalue weighted by atomic mass is 9.71. The molecule has 1 aliphatic carbocycles. The minimum Gasteiger partial charge on any atom is -0.486 e. The molecule has 0 spiro atoms. The maximum atomic E-state index is 15.3. The molecule has 0 N–H and O–H groups in total. The van der Waals surface area contributed by atoms with Crippen molar-refractivity contribution in [3.63, 3.8) is 0 Å². The first-order valence-corrected chi connectivity index (χ1v) is 12.7. The number of benzene rings is 2. The van der Waals surface area contributed by atoms with Crippen molar-refractivity contribution in [1.29, 1.82) is 0 Å². The van der Waals surface area contributed by atoms with Crippen LogP contribution in [-0.4, -0.2) is 18.9 Å². The van der Waals surface area contributed by atoms with Crippen molar-refractivity contribution in [2.75, 3.05) is 13.9 Å². The van der Waals surface area contributed by atoms with E-state index in [4.69, 9.17) is 19.2 Å². The summed E-state index contributed by atoms with van der Waals surface area (Å²) >= 11 is 0. The minimum atomic E-state index is -0.318. The van der Waals surface area contributed by atoms with Gasteiger partial charge in [0.05, 0.1) is 5.69 Å². The van der Waals surface area contributed by atoms with E-state index >= 15 is 4.39 Å². The normalized spacial score (nSPS) is 14.9. The summed E-state index contributed by atoms with van der Waals surface area (Å²) in [5.74, 6) is 0.690. The Hall–Kier alpha value is -3.18. The quantitative estimate of drug-likeness (QED) is 0.220. The number of pyridine rings is 1. The predicted octanol–water partition coefficient (Wildman–Crippen LogP) is 7.38. The number of ether oxygens (including phenoxy) is 3. The van der Waals surface area contributed by atoms with Gasteiger partial charge >= 0.3 is 0 Å². The number of aromatic nitrogens is 1. The van der Waals surface area contributed by atoms with E-state index in [1.165, 1.54) is 6.42 Å².